The Labute approximate surface area is 149 Å². The van der Waals surface area contributed by atoms with E-state index in [1.807, 2.05) is 66.9 Å². The highest BCUT2D eigenvalue weighted by molar-refractivity contribution is 6.01. The highest BCUT2D eigenvalue weighted by atomic mass is 16.5. The van der Waals surface area contributed by atoms with Crippen LogP contribution in [0.1, 0.15) is 10.5 Å². The molecule has 0 atom stereocenters. The first-order valence-corrected chi connectivity index (χ1v) is 8.11. The number of nitrogens with one attached hydrogen (secondary N) is 1. The quantitative estimate of drug-likeness (QED) is 0.435. The summed E-state index contributed by atoms with van der Waals surface area (Å²) in [6, 6.07) is 21.3. The topological polar surface area (TPSA) is 75.1 Å². The lowest BCUT2D eigenvalue weighted by Gasteiger charge is -2.10. The van der Waals surface area contributed by atoms with Gasteiger partial charge in [-0.05, 0) is 40.5 Å². The van der Waals surface area contributed by atoms with Crippen LogP contribution in [0.4, 0.5) is 0 Å². The molecule has 2 aromatic carbocycles. The predicted molar refractivity (Wildman–Crippen MR) is 99.7 cm³/mol. The van der Waals surface area contributed by atoms with Crippen molar-refractivity contribution in [3.63, 3.8) is 0 Å². The molecule has 2 aromatic heterocycles. The lowest BCUT2D eigenvalue weighted by Crippen LogP contribution is -2.20. The SMILES string of the molecule is O=C(NO)c1cc(-c2ccc(-c3cccnc3)cc2)c2ccccc2n1. The first-order chi connectivity index (χ1) is 12.8. The van der Waals surface area contributed by atoms with Crippen molar-refractivity contribution in [2.45, 2.75) is 0 Å². The van der Waals surface area contributed by atoms with Crippen LogP contribution in [-0.4, -0.2) is 21.1 Å². The van der Waals surface area contributed by atoms with Crippen LogP contribution in [0.5, 0.6) is 0 Å². The molecule has 0 radical (unpaired) electrons. The van der Waals surface area contributed by atoms with Crippen LogP contribution in [0.2, 0.25) is 0 Å². The Bertz CT molecular complexity index is 1080. The van der Waals surface area contributed by atoms with Gasteiger partial charge in [0.15, 0.2) is 0 Å². The van der Waals surface area contributed by atoms with E-state index in [-0.39, 0.29) is 5.69 Å². The number of rotatable bonds is 3. The summed E-state index contributed by atoms with van der Waals surface area (Å²) in [6.07, 6.45) is 3.56. The fourth-order valence-corrected chi connectivity index (χ4v) is 2.96. The van der Waals surface area contributed by atoms with Crippen LogP contribution in [0.3, 0.4) is 0 Å². The van der Waals surface area contributed by atoms with Crippen molar-refractivity contribution in [2.75, 3.05) is 0 Å². The van der Waals surface area contributed by atoms with Crippen LogP contribution in [0.25, 0.3) is 33.2 Å². The molecule has 0 saturated carbocycles. The fourth-order valence-electron chi connectivity index (χ4n) is 2.96. The van der Waals surface area contributed by atoms with Crippen LogP contribution < -0.4 is 5.48 Å². The molecule has 0 bridgehead atoms. The van der Waals surface area contributed by atoms with E-state index in [4.69, 9.17) is 5.21 Å². The summed E-state index contributed by atoms with van der Waals surface area (Å²) in [5, 5.41) is 9.88. The van der Waals surface area contributed by atoms with Crippen LogP contribution >= 0.6 is 0 Å². The standard InChI is InChI=1S/C21H15N3O2/c25-21(24-26)20-12-18(17-5-1-2-6-19(17)23-20)15-9-7-14(8-10-15)16-4-3-11-22-13-16/h1-13,26H,(H,24,25). The highest BCUT2D eigenvalue weighted by Gasteiger charge is 2.12. The molecule has 5 heteroatoms. The van der Waals surface area contributed by atoms with E-state index in [0.29, 0.717) is 5.52 Å². The average Bonchev–Trinajstić information content (AvgIpc) is 2.73. The first kappa shape index (κ1) is 15.9. The van der Waals surface area contributed by atoms with Gasteiger partial charge in [-0.1, -0.05) is 48.5 Å². The van der Waals surface area contributed by atoms with Crippen LogP contribution in [0, 0.1) is 0 Å². The molecule has 2 N–H and O–H groups in total. The molecule has 0 aliphatic carbocycles. The third-order valence-electron chi connectivity index (χ3n) is 4.24. The van der Waals surface area contributed by atoms with Gasteiger partial charge in [0.1, 0.15) is 5.69 Å². The molecule has 26 heavy (non-hydrogen) atoms. The Balaban J connectivity index is 1.84. The number of benzene rings is 2. The molecule has 0 saturated heterocycles. The molecule has 0 unspecified atom stereocenters. The van der Waals surface area contributed by atoms with Crippen molar-refractivity contribution in [3.8, 4) is 22.3 Å². The monoisotopic (exact) mass is 341 g/mol. The Morgan fingerprint density at radius 2 is 1.65 bits per heavy atom. The number of aromatic nitrogens is 2. The molecule has 0 aliphatic heterocycles. The van der Waals surface area contributed by atoms with E-state index < -0.39 is 5.91 Å². The zero-order chi connectivity index (χ0) is 17.9. The maximum absolute atomic E-state index is 11.8. The van der Waals surface area contributed by atoms with Crippen molar-refractivity contribution in [2.24, 2.45) is 0 Å². The second kappa shape index (κ2) is 6.74. The summed E-state index contributed by atoms with van der Waals surface area (Å²) in [5.41, 5.74) is 6.45. The number of carbonyl (C=O) groups is 1. The zero-order valence-corrected chi connectivity index (χ0v) is 13.8. The average molecular weight is 341 g/mol. The fraction of sp³-hybridized carbons (Fsp3) is 0. The van der Waals surface area contributed by atoms with Gasteiger partial charge in [-0.15, -0.1) is 0 Å². The maximum Gasteiger partial charge on any atom is 0.293 e. The Morgan fingerprint density at radius 3 is 2.38 bits per heavy atom. The van der Waals surface area contributed by atoms with Crippen molar-refractivity contribution < 1.29 is 10.0 Å². The highest BCUT2D eigenvalue weighted by Crippen LogP contribution is 2.30. The van der Waals surface area contributed by atoms with E-state index in [1.165, 1.54) is 0 Å². The van der Waals surface area contributed by atoms with Crippen LogP contribution in [0.15, 0.2) is 79.1 Å². The Kier molecular flexibility index (Phi) is 4.13. The largest absolute Gasteiger partial charge is 0.293 e. The van der Waals surface area contributed by atoms with Crippen molar-refractivity contribution >= 4 is 16.8 Å². The number of nitrogens with zero attached hydrogens (tertiary/aromatic N) is 2. The minimum absolute atomic E-state index is 0.164. The van der Waals surface area contributed by atoms with Gasteiger partial charge < -0.3 is 0 Å². The minimum atomic E-state index is -0.635. The van der Waals surface area contributed by atoms with Crippen LogP contribution in [-0.2, 0) is 0 Å². The molecule has 1 amide bonds. The summed E-state index contributed by atoms with van der Waals surface area (Å²) < 4.78 is 0. The molecule has 0 fully saturated rings. The van der Waals surface area contributed by atoms with Crippen molar-refractivity contribution in [3.05, 3.63) is 84.8 Å². The molecule has 126 valence electrons. The van der Waals surface area contributed by atoms with Gasteiger partial charge in [-0.2, -0.15) is 0 Å². The number of amides is 1. The number of hydroxylamine groups is 1. The number of fused-ring (bicyclic) bond motifs is 1. The number of pyridine rings is 2. The second-order valence-electron chi connectivity index (χ2n) is 5.83. The van der Waals surface area contributed by atoms with Gasteiger partial charge in [0.2, 0.25) is 0 Å². The van der Waals surface area contributed by atoms with Crippen molar-refractivity contribution in [1.82, 2.24) is 15.4 Å². The van der Waals surface area contributed by atoms with E-state index in [2.05, 4.69) is 9.97 Å². The zero-order valence-electron chi connectivity index (χ0n) is 13.8. The van der Waals surface area contributed by atoms with E-state index in [0.717, 1.165) is 27.6 Å². The summed E-state index contributed by atoms with van der Waals surface area (Å²) in [7, 11) is 0. The van der Waals surface area contributed by atoms with Gasteiger partial charge >= 0.3 is 0 Å². The number of hydrogen-bond acceptors (Lipinski definition) is 4. The van der Waals surface area contributed by atoms with E-state index in [9.17, 15) is 4.79 Å². The van der Waals surface area contributed by atoms with Gasteiger partial charge in [-0.25, -0.2) is 10.5 Å². The Morgan fingerprint density at radius 1 is 0.885 bits per heavy atom. The summed E-state index contributed by atoms with van der Waals surface area (Å²) >= 11 is 0. The van der Waals surface area contributed by atoms with Gasteiger partial charge in [0, 0.05) is 17.8 Å². The molecular weight excluding hydrogens is 326 g/mol. The third kappa shape index (κ3) is 2.92. The molecule has 4 aromatic rings. The van der Waals surface area contributed by atoms with Gasteiger partial charge in [-0.3, -0.25) is 15.0 Å². The maximum atomic E-state index is 11.8. The molecule has 0 spiro atoms. The summed E-state index contributed by atoms with van der Waals surface area (Å²) in [4.78, 5) is 20.3. The molecular formula is C21H15N3O2. The normalized spacial score (nSPS) is 10.7. The summed E-state index contributed by atoms with van der Waals surface area (Å²) in [6.45, 7) is 0. The van der Waals surface area contributed by atoms with Gasteiger partial charge in [0.05, 0.1) is 5.52 Å². The molecule has 0 aliphatic rings. The van der Waals surface area contributed by atoms with E-state index in [1.54, 1.807) is 17.7 Å². The third-order valence-corrected chi connectivity index (χ3v) is 4.24. The molecule has 5 nitrogen and oxygen atoms in total. The number of para-hydroxylation sites is 1. The number of hydrogen-bond donors (Lipinski definition) is 2. The predicted octanol–water partition coefficient (Wildman–Crippen LogP) is 4.08. The smallest absolute Gasteiger partial charge is 0.288 e. The molecule has 2 heterocycles. The Hall–Kier alpha value is -3.57. The molecule has 4 rings (SSSR count). The number of carbonyl (C=O) groups excluding carboxylic acids is 1. The first-order valence-electron chi connectivity index (χ1n) is 8.11. The van der Waals surface area contributed by atoms with Gasteiger partial charge in [0.25, 0.3) is 5.91 Å². The minimum Gasteiger partial charge on any atom is -0.288 e. The van der Waals surface area contributed by atoms with E-state index >= 15 is 0 Å². The lowest BCUT2D eigenvalue weighted by atomic mass is 9.97. The lowest BCUT2D eigenvalue weighted by molar-refractivity contribution is 0.0701. The second-order valence-corrected chi connectivity index (χ2v) is 5.83. The summed E-state index contributed by atoms with van der Waals surface area (Å²) in [5.74, 6) is -0.635. The van der Waals surface area contributed by atoms with Crippen molar-refractivity contribution in [1.29, 1.82) is 0 Å².